The van der Waals surface area contributed by atoms with Crippen molar-refractivity contribution >= 4 is 11.5 Å². The highest BCUT2D eigenvalue weighted by Gasteiger charge is 2.40. The molecule has 0 saturated carbocycles. The first-order chi connectivity index (χ1) is 12.1. The Hall–Kier alpha value is -2.63. The van der Waals surface area contributed by atoms with Crippen LogP contribution in [0.1, 0.15) is 34.1 Å². The van der Waals surface area contributed by atoms with Gasteiger partial charge in [0, 0.05) is 43.4 Å². The van der Waals surface area contributed by atoms with Gasteiger partial charge in [-0.1, -0.05) is 17.7 Å². The van der Waals surface area contributed by atoms with Crippen LogP contribution in [-0.2, 0) is 6.42 Å². The van der Waals surface area contributed by atoms with Crippen molar-refractivity contribution in [2.24, 2.45) is 0 Å². The van der Waals surface area contributed by atoms with E-state index < -0.39 is 11.7 Å². The molecule has 1 aliphatic rings. The summed E-state index contributed by atoms with van der Waals surface area (Å²) in [5, 5.41) is 0. The fraction of sp³-hybridized carbons (Fsp3) is 0.300. The molecule has 0 fully saturated rings. The molecule has 1 aromatic heterocycles. The van der Waals surface area contributed by atoms with Gasteiger partial charge in [-0.05, 0) is 37.1 Å². The number of hydrogen-bond acceptors (Lipinski definition) is 2. The third kappa shape index (κ3) is 3.11. The predicted octanol–water partition coefficient (Wildman–Crippen LogP) is 4.65. The predicted molar refractivity (Wildman–Crippen MR) is 94.8 cm³/mol. The Labute approximate surface area is 150 Å². The minimum Gasteiger partial charge on any atom is -0.345 e. The van der Waals surface area contributed by atoms with Gasteiger partial charge in [-0.15, -0.1) is 0 Å². The van der Waals surface area contributed by atoms with Gasteiger partial charge in [-0.3, -0.25) is 9.78 Å². The van der Waals surface area contributed by atoms with Gasteiger partial charge in [0.1, 0.15) is 0 Å². The molecular formula is C20H19F3N2O. The average Bonchev–Trinajstić information content (AvgIpc) is 2.89. The van der Waals surface area contributed by atoms with Crippen LogP contribution in [0.2, 0.25) is 0 Å². The lowest BCUT2D eigenvalue weighted by Gasteiger charge is -2.15. The Morgan fingerprint density at radius 2 is 1.81 bits per heavy atom. The molecule has 0 bridgehead atoms. The Morgan fingerprint density at radius 3 is 2.42 bits per heavy atom. The summed E-state index contributed by atoms with van der Waals surface area (Å²) in [6, 6.07) is 6.82. The molecule has 3 rings (SSSR count). The number of aromatic nitrogens is 1. The molecule has 0 aliphatic heterocycles. The second-order valence-corrected chi connectivity index (χ2v) is 6.78. The third-order valence-corrected chi connectivity index (χ3v) is 4.59. The molecule has 6 heteroatoms. The number of nitrogens with zero attached hydrogens (tertiary/aromatic N) is 2. The van der Waals surface area contributed by atoms with Crippen LogP contribution in [0.3, 0.4) is 0 Å². The van der Waals surface area contributed by atoms with E-state index in [9.17, 15) is 18.0 Å². The molecule has 3 nitrogen and oxygen atoms in total. The highest BCUT2D eigenvalue weighted by molar-refractivity contribution is 5.96. The summed E-state index contributed by atoms with van der Waals surface area (Å²) in [6.07, 6.45) is -2.63. The van der Waals surface area contributed by atoms with E-state index in [-0.39, 0.29) is 23.5 Å². The van der Waals surface area contributed by atoms with Crippen LogP contribution >= 0.6 is 0 Å². The number of amides is 1. The van der Waals surface area contributed by atoms with E-state index in [1.54, 1.807) is 38.5 Å². The normalized spacial score (nSPS) is 13.8. The maximum absolute atomic E-state index is 13.4. The average molecular weight is 360 g/mol. The van der Waals surface area contributed by atoms with Gasteiger partial charge in [0.2, 0.25) is 0 Å². The van der Waals surface area contributed by atoms with Crippen LogP contribution in [0.4, 0.5) is 13.2 Å². The molecule has 1 heterocycles. The first-order valence-electron chi connectivity index (χ1n) is 8.18. The molecule has 26 heavy (non-hydrogen) atoms. The number of halogens is 3. The zero-order valence-electron chi connectivity index (χ0n) is 15.0. The van der Waals surface area contributed by atoms with Gasteiger partial charge >= 0.3 is 6.18 Å². The van der Waals surface area contributed by atoms with Crippen molar-refractivity contribution in [2.75, 3.05) is 14.1 Å². The van der Waals surface area contributed by atoms with Crippen molar-refractivity contribution in [1.29, 1.82) is 0 Å². The number of allylic oxidation sites excluding steroid dienone is 2. The Bertz CT molecular complexity index is 927. The summed E-state index contributed by atoms with van der Waals surface area (Å²) in [4.78, 5) is 18.0. The van der Waals surface area contributed by atoms with E-state index in [0.717, 1.165) is 5.56 Å². The van der Waals surface area contributed by atoms with E-state index in [0.29, 0.717) is 22.4 Å². The summed E-state index contributed by atoms with van der Waals surface area (Å²) < 4.78 is 40.2. The number of pyridine rings is 1. The Kier molecular flexibility index (Phi) is 4.38. The number of carbonyl (C=O) groups excluding carboxylic acids is 1. The molecule has 0 saturated heterocycles. The third-order valence-electron chi connectivity index (χ3n) is 4.59. The molecule has 2 aromatic rings. The molecule has 0 radical (unpaired) electrons. The van der Waals surface area contributed by atoms with Crippen molar-refractivity contribution in [3.05, 3.63) is 58.4 Å². The van der Waals surface area contributed by atoms with Gasteiger partial charge in [-0.25, -0.2) is 0 Å². The highest BCUT2D eigenvalue weighted by Crippen LogP contribution is 2.43. The lowest BCUT2D eigenvalue weighted by molar-refractivity contribution is -0.0691. The van der Waals surface area contributed by atoms with Crippen molar-refractivity contribution in [3.63, 3.8) is 0 Å². The van der Waals surface area contributed by atoms with Crippen LogP contribution in [0.25, 0.3) is 16.7 Å². The smallest absolute Gasteiger partial charge is 0.345 e. The topological polar surface area (TPSA) is 33.2 Å². The largest absolute Gasteiger partial charge is 0.417 e. The maximum atomic E-state index is 13.4. The number of carbonyl (C=O) groups is 1. The van der Waals surface area contributed by atoms with Crippen LogP contribution in [-0.4, -0.2) is 36.1 Å². The number of benzene rings is 1. The second-order valence-electron chi connectivity index (χ2n) is 6.78. The summed E-state index contributed by atoms with van der Waals surface area (Å²) in [7, 11) is 3.32. The van der Waals surface area contributed by atoms with Crippen molar-refractivity contribution in [3.8, 4) is 11.1 Å². The van der Waals surface area contributed by atoms with E-state index in [4.69, 9.17) is 0 Å². The van der Waals surface area contributed by atoms with Gasteiger partial charge in [0.05, 0.1) is 11.3 Å². The van der Waals surface area contributed by atoms with E-state index in [1.165, 1.54) is 17.9 Å². The summed E-state index contributed by atoms with van der Waals surface area (Å²) >= 11 is 0. The van der Waals surface area contributed by atoms with E-state index >= 15 is 0 Å². The number of alkyl halides is 3. The van der Waals surface area contributed by atoms with Gasteiger partial charge < -0.3 is 4.90 Å². The second kappa shape index (κ2) is 6.27. The van der Waals surface area contributed by atoms with Gasteiger partial charge in [-0.2, -0.15) is 13.2 Å². The SMILES string of the molecule is CC1=C(C(F)(F)F)c2cc(-c3ccc(C)c(C(=O)N(C)C)c3)cnc2C1. The zero-order chi connectivity index (χ0) is 19.2. The lowest BCUT2D eigenvalue weighted by atomic mass is 9.97. The van der Waals surface area contributed by atoms with E-state index in [2.05, 4.69) is 4.98 Å². The van der Waals surface area contributed by atoms with Gasteiger partial charge in [0.15, 0.2) is 0 Å². The van der Waals surface area contributed by atoms with Crippen LogP contribution in [0.15, 0.2) is 36.0 Å². The molecule has 0 unspecified atom stereocenters. The lowest BCUT2D eigenvalue weighted by Crippen LogP contribution is -2.22. The minimum atomic E-state index is -4.41. The first kappa shape index (κ1) is 18.2. The molecular weight excluding hydrogens is 341 g/mol. The summed E-state index contributed by atoms with van der Waals surface area (Å²) in [6.45, 7) is 3.32. The monoisotopic (exact) mass is 360 g/mol. The highest BCUT2D eigenvalue weighted by atomic mass is 19.4. The van der Waals surface area contributed by atoms with Crippen LogP contribution < -0.4 is 0 Å². The van der Waals surface area contributed by atoms with Crippen LogP contribution in [0.5, 0.6) is 0 Å². The standard InChI is InChI=1S/C20H19F3N2O/c1-11-5-6-13(8-15(11)19(26)25(3)4)14-9-16-17(24-10-14)7-12(2)18(16)20(21,22)23/h5-6,8-10H,7H2,1-4H3. The van der Waals surface area contributed by atoms with Crippen molar-refractivity contribution < 1.29 is 18.0 Å². The molecule has 0 spiro atoms. The number of hydrogen-bond donors (Lipinski definition) is 0. The van der Waals surface area contributed by atoms with E-state index in [1.807, 2.05) is 6.92 Å². The number of rotatable bonds is 2. The fourth-order valence-electron chi connectivity index (χ4n) is 3.25. The summed E-state index contributed by atoms with van der Waals surface area (Å²) in [5.74, 6) is -0.148. The van der Waals surface area contributed by atoms with Crippen molar-refractivity contribution in [1.82, 2.24) is 9.88 Å². The zero-order valence-corrected chi connectivity index (χ0v) is 15.0. The maximum Gasteiger partial charge on any atom is 0.417 e. The number of aryl methyl sites for hydroxylation is 1. The number of fused-ring (bicyclic) bond motifs is 1. The molecule has 0 atom stereocenters. The molecule has 1 amide bonds. The summed E-state index contributed by atoms with van der Waals surface area (Å²) in [5.41, 5.74) is 2.83. The molecule has 1 aliphatic carbocycles. The first-order valence-corrected chi connectivity index (χ1v) is 8.18. The van der Waals surface area contributed by atoms with Crippen molar-refractivity contribution in [2.45, 2.75) is 26.4 Å². The van der Waals surface area contributed by atoms with Crippen LogP contribution in [0, 0.1) is 6.92 Å². The fourth-order valence-corrected chi connectivity index (χ4v) is 3.25. The van der Waals surface area contributed by atoms with Gasteiger partial charge in [0.25, 0.3) is 5.91 Å². The Balaban J connectivity index is 2.10. The quantitative estimate of drug-likeness (QED) is 0.781. The minimum absolute atomic E-state index is 0.133. The molecule has 136 valence electrons. The Morgan fingerprint density at radius 1 is 1.12 bits per heavy atom. The molecule has 1 aromatic carbocycles. The molecule has 0 N–H and O–H groups in total.